The first-order valence-electron chi connectivity index (χ1n) is 11.3. The summed E-state index contributed by atoms with van der Waals surface area (Å²) in [4.78, 5) is 0. The van der Waals surface area contributed by atoms with Crippen LogP contribution < -0.4 is 0 Å². The minimum Gasteiger partial charge on any atom is -0.508 e. The van der Waals surface area contributed by atoms with Crippen molar-refractivity contribution in [1.29, 1.82) is 0 Å². The van der Waals surface area contributed by atoms with Gasteiger partial charge >= 0.3 is 0 Å². The number of aryl methyl sites for hydroxylation is 3. The summed E-state index contributed by atoms with van der Waals surface area (Å²) in [7, 11) is 0. The van der Waals surface area contributed by atoms with Gasteiger partial charge in [0.05, 0.1) is 5.69 Å². The van der Waals surface area contributed by atoms with Crippen LogP contribution in [0.1, 0.15) is 22.3 Å². The molecule has 3 heteroatoms. The lowest BCUT2D eigenvalue weighted by atomic mass is 10.0. The number of hydrogen-bond acceptors (Lipinski definition) is 1. The maximum atomic E-state index is 13.6. The first kappa shape index (κ1) is 21.0. The van der Waals surface area contributed by atoms with Crippen LogP contribution in [-0.2, 0) is 19.4 Å². The van der Waals surface area contributed by atoms with Gasteiger partial charge in [-0.05, 0) is 96.1 Å². The number of phenolic OH excluding ortho intramolecular Hbond substituents is 1. The number of aromatic hydroxyl groups is 1. The fourth-order valence-corrected chi connectivity index (χ4v) is 4.59. The van der Waals surface area contributed by atoms with Gasteiger partial charge in [-0.15, -0.1) is 0 Å². The Morgan fingerprint density at radius 1 is 0.727 bits per heavy atom. The van der Waals surface area contributed by atoms with E-state index in [0.29, 0.717) is 6.54 Å². The van der Waals surface area contributed by atoms with Crippen molar-refractivity contribution in [3.63, 3.8) is 0 Å². The number of hydrogen-bond donors (Lipinski definition) is 1. The van der Waals surface area contributed by atoms with Gasteiger partial charge in [0, 0.05) is 17.4 Å². The average molecular weight is 436 g/mol. The maximum absolute atomic E-state index is 13.6. The Bertz CT molecular complexity index is 1380. The molecule has 164 valence electrons. The van der Waals surface area contributed by atoms with E-state index in [4.69, 9.17) is 0 Å². The van der Waals surface area contributed by atoms with Crippen LogP contribution in [0, 0.1) is 12.7 Å². The van der Waals surface area contributed by atoms with Crippen LogP contribution >= 0.6 is 0 Å². The zero-order chi connectivity index (χ0) is 22.8. The molecule has 0 aliphatic rings. The molecule has 33 heavy (non-hydrogen) atoms. The van der Waals surface area contributed by atoms with Gasteiger partial charge in [-0.3, -0.25) is 0 Å². The zero-order valence-corrected chi connectivity index (χ0v) is 18.6. The minimum atomic E-state index is -0.235. The van der Waals surface area contributed by atoms with Gasteiger partial charge in [-0.25, -0.2) is 4.39 Å². The Morgan fingerprint density at radius 3 is 2.12 bits per heavy atom. The number of halogens is 1. The summed E-state index contributed by atoms with van der Waals surface area (Å²) in [6.07, 6.45) is 1.98. The maximum Gasteiger partial charge on any atom is 0.123 e. The van der Waals surface area contributed by atoms with E-state index >= 15 is 0 Å². The summed E-state index contributed by atoms with van der Waals surface area (Å²) in [6, 6.07) is 31.3. The van der Waals surface area contributed by atoms with Crippen molar-refractivity contribution in [2.45, 2.75) is 26.3 Å². The number of nitrogens with zero attached hydrogens (tertiary/aromatic N) is 1. The molecule has 4 aromatic carbocycles. The van der Waals surface area contributed by atoms with E-state index < -0.39 is 0 Å². The third kappa shape index (κ3) is 4.40. The SMILES string of the molecule is Cc1c(-c2ccc(F)cc2)n(Cc2ccc(O)cc2)c2ccc(CCc3ccccc3)cc12. The smallest absolute Gasteiger partial charge is 0.123 e. The molecule has 1 N–H and O–H groups in total. The van der Waals surface area contributed by atoms with Crippen LogP contribution in [0.15, 0.2) is 97.1 Å². The Hall–Kier alpha value is -3.85. The van der Waals surface area contributed by atoms with E-state index in [1.54, 1.807) is 12.1 Å². The molecule has 2 nitrogen and oxygen atoms in total. The zero-order valence-electron chi connectivity index (χ0n) is 18.6. The third-order valence-corrected chi connectivity index (χ3v) is 6.32. The van der Waals surface area contributed by atoms with Gasteiger partial charge in [-0.2, -0.15) is 0 Å². The molecule has 0 amide bonds. The fourth-order valence-electron chi connectivity index (χ4n) is 4.59. The van der Waals surface area contributed by atoms with E-state index in [1.165, 1.54) is 34.2 Å². The van der Waals surface area contributed by atoms with Crippen LogP contribution in [0.2, 0.25) is 0 Å². The van der Waals surface area contributed by atoms with Crippen molar-refractivity contribution >= 4 is 10.9 Å². The van der Waals surface area contributed by atoms with Gasteiger partial charge in [0.1, 0.15) is 11.6 Å². The molecule has 5 rings (SSSR count). The van der Waals surface area contributed by atoms with Crippen molar-refractivity contribution in [3.8, 4) is 17.0 Å². The number of fused-ring (bicyclic) bond motifs is 1. The van der Waals surface area contributed by atoms with Gasteiger partial charge in [0.25, 0.3) is 0 Å². The molecular weight excluding hydrogens is 409 g/mol. The molecule has 0 bridgehead atoms. The van der Waals surface area contributed by atoms with E-state index in [-0.39, 0.29) is 11.6 Å². The van der Waals surface area contributed by atoms with Crippen LogP contribution in [-0.4, -0.2) is 9.67 Å². The first-order valence-corrected chi connectivity index (χ1v) is 11.3. The summed E-state index contributed by atoms with van der Waals surface area (Å²) < 4.78 is 15.9. The lowest BCUT2D eigenvalue weighted by Gasteiger charge is -2.13. The molecule has 0 aliphatic heterocycles. The Morgan fingerprint density at radius 2 is 1.39 bits per heavy atom. The summed E-state index contributed by atoms with van der Waals surface area (Å²) in [5.41, 5.74) is 8.18. The Labute approximate surface area is 193 Å². The van der Waals surface area contributed by atoms with Gasteiger partial charge in [0.2, 0.25) is 0 Å². The minimum absolute atomic E-state index is 0.235. The second-order valence-electron chi connectivity index (χ2n) is 8.57. The summed E-state index contributed by atoms with van der Waals surface area (Å²) in [5, 5.41) is 10.9. The normalized spacial score (nSPS) is 11.2. The fraction of sp³-hybridized carbons (Fsp3) is 0.133. The van der Waals surface area contributed by atoms with E-state index in [0.717, 1.165) is 35.2 Å². The third-order valence-electron chi connectivity index (χ3n) is 6.32. The van der Waals surface area contributed by atoms with Crippen molar-refractivity contribution in [3.05, 3.63) is 125 Å². The molecule has 1 aromatic heterocycles. The molecule has 0 saturated heterocycles. The van der Waals surface area contributed by atoms with Gasteiger partial charge in [-0.1, -0.05) is 48.5 Å². The quantitative estimate of drug-likeness (QED) is 0.297. The predicted octanol–water partition coefficient (Wildman–Crippen LogP) is 7.29. The Kier molecular flexibility index (Phi) is 5.70. The molecule has 0 saturated carbocycles. The molecule has 0 spiro atoms. The molecule has 1 heterocycles. The number of aromatic nitrogens is 1. The predicted molar refractivity (Wildman–Crippen MR) is 133 cm³/mol. The Balaban J connectivity index is 1.58. The molecule has 0 fully saturated rings. The number of rotatable bonds is 6. The highest BCUT2D eigenvalue weighted by Gasteiger charge is 2.17. The van der Waals surface area contributed by atoms with Crippen LogP contribution in [0.3, 0.4) is 0 Å². The highest BCUT2D eigenvalue weighted by atomic mass is 19.1. The topological polar surface area (TPSA) is 25.2 Å². The standard InChI is InChI=1S/C30H26FNO/c1-21-28-19-23(8-7-22-5-3-2-4-6-22)11-18-29(28)32(20-24-9-16-27(33)17-10-24)30(21)25-12-14-26(31)15-13-25/h2-6,9-19,33H,7-8,20H2,1H3. The monoisotopic (exact) mass is 435 g/mol. The van der Waals surface area contributed by atoms with Crippen LogP contribution in [0.5, 0.6) is 5.75 Å². The highest BCUT2D eigenvalue weighted by Crippen LogP contribution is 2.35. The van der Waals surface area contributed by atoms with Crippen molar-refractivity contribution in [2.75, 3.05) is 0 Å². The van der Waals surface area contributed by atoms with Crippen LogP contribution in [0.25, 0.3) is 22.2 Å². The lowest BCUT2D eigenvalue weighted by Crippen LogP contribution is -2.02. The van der Waals surface area contributed by atoms with Crippen molar-refractivity contribution < 1.29 is 9.50 Å². The molecule has 5 aromatic rings. The number of benzene rings is 4. The summed E-state index contributed by atoms with van der Waals surface area (Å²) in [6.45, 7) is 2.82. The van der Waals surface area contributed by atoms with Crippen molar-refractivity contribution in [2.24, 2.45) is 0 Å². The molecule has 0 unspecified atom stereocenters. The summed E-state index contributed by atoms with van der Waals surface area (Å²) >= 11 is 0. The van der Waals surface area contributed by atoms with E-state index in [1.807, 2.05) is 30.3 Å². The number of phenols is 1. The highest BCUT2D eigenvalue weighted by molar-refractivity contribution is 5.92. The second-order valence-corrected chi connectivity index (χ2v) is 8.57. The van der Waals surface area contributed by atoms with Crippen molar-refractivity contribution in [1.82, 2.24) is 4.57 Å². The van der Waals surface area contributed by atoms with Gasteiger partial charge in [0.15, 0.2) is 0 Å². The first-order chi connectivity index (χ1) is 16.1. The molecular formula is C30H26FNO. The van der Waals surface area contributed by atoms with Crippen LogP contribution in [0.4, 0.5) is 4.39 Å². The van der Waals surface area contributed by atoms with E-state index in [2.05, 4.69) is 54.0 Å². The lowest BCUT2D eigenvalue weighted by molar-refractivity contribution is 0.475. The summed E-state index contributed by atoms with van der Waals surface area (Å²) in [5.74, 6) is 0.0231. The van der Waals surface area contributed by atoms with Gasteiger partial charge < -0.3 is 9.67 Å². The molecule has 0 atom stereocenters. The average Bonchev–Trinajstić information content (AvgIpc) is 3.11. The molecule has 0 radical (unpaired) electrons. The molecule has 0 aliphatic carbocycles. The largest absolute Gasteiger partial charge is 0.508 e. The van der Waals surface area contributed by atoms with E-state index in [9.17, 15) is 9.50 Å². The second kappa shape index (κ2) is 8.95.